The molecule has 0 N–H and O–H groups in total. The molecule has 0 saturated heterocycles. The number of halogens is 1. The molecular formula is C12H16ClNO3. The van der Waals surface area contributed by atoms with Gasteiger partial charge in [-0.25, -0.2) is 9.78 Å². The van der Waals surface area contributed by atoms with Crippen LogP contribution in [0.5, 0.6) is 0 Å². The summed E-state index contributed by atoms with van der Waals surface area (Å²) in [5.41, 5.74) is 0.210. The molecule has 94 valence electrons. The highest BCUT2D eigenvalue weighted by atomic mass is 35.5. The SMILES string of the molecule is CC(C)COCCOC(=O)c1cccc(Cl)n1. The molecule has 0 aliphatic carbocycles. The number of rotatable bonds is 6. The van der Waals surface area contributed by atoms with E-state index in [4.69, 9.17) is 21.1 Å². The lowest BCUT2D eigenvalue weighted by Gasteiger charge is -2.07. The molecule has 1 heterocycles. The molecule has 0 saturated carbocycles. The standard InChI is InChI=1S/C12H16ClNO3/c1-9(2)8-16-6-7-17-12(15)10-4-3-5-11(13)14-10/h3-5,9H,6-8H2,1-2H3. The molecular weight excluding hydrogens is 242 g/mol. The maximum absolute atomic E-state index is 11.5. The van der Waals surface area contributed by atoms with Gasteiger partial charge in [0.1, 0.15) is 17.5 Å². The van der Waals surface area contributed by atoms with Crippen molar-refractivity contribution in [1.82, 2.24) is 4.98 Å². The first-order valence-electron chi connectivity index (χ1n) is 5.47. The second kappa shape index (κ2) is 7.25. The number of aromatic nitrogens is 1. The molecule has 5 heteroatoms. The quantitative estimate of drug-likeness (QED) is 0.446. The fraction of sp³-hybridized carbons (Fsp3) is 0.500. The van der Waals surface area contributed by atoms with Crippen molar-refractivity contribution in [2.24, 2.45) is 5.92 Å². The van der Waals surface area contributed by atoms with Crippen LogP contribution in [0.4, 0.5) is 0 Å². The Bertz CT molecular complexity index is 369. The second-order valence-electron chi connectivity index (χ2n) is 3.95. The van der Waals surface area contributed by atoms with E-state index < -0.39 is 5.97 Å². The number of nitrogens with zero attached hydrogens (tertiary/aromatic N) is 1. The minimum Gasteiger partial charge on any atom is -0.459 e. The number of carbonyl (C=O) groups excluding carboxylic acids is 1. The minimum atomic E-state index is -0.486. The summed E-state index contributed by atoms with van der Waals surface area (Å²) < 4.78 is 10.3. The maximum atomic E-state index is 11.5. The summed E-state index contributed by atoms with van der Waals surface area (Å²) in [5.74, 6) is -0.0130. The highest BCUT2D eigenvalue weighted by Gasteiger charge is 2.08. The number of hydrogen-bond donors (Lipinski definition) is 0. The van der Waals surface area contributed by atoms with Crippen molar-refractivity contribution in [3.8, 4) is 0 Å². The average molecular weight is 258 g/mol. The Kier molecular flexibility index (Phi) is 5.94. The fourth-order valence-corrected chi connectivity index (χ4v) is 1.27. The predicted octanol–water partition coefficient (Wildman–Crippen LogP) is 2.56. The van der Waals surface area contributed by atoms with E-state index in [-0.39, 0.29) is 17.5 Å². The third-order valence-corrected chi connectivity index (χ3v) is 2.05. The van der Waals surface area contributed by atoms with Gasteiger partial charge in [-0.2, -0.15) is 0 Å². The molecule has 1 aromatic heterocycles. The van der Waals surface area contributed by atoms with Crippen molar-refractivity contribution < 1.29 is 14.3 Å². The zero-order valence-corrected chi connectivity index (χ0v) is 10.7. The Morgan fingerprint density at radius 3 is 2.82 bits per heavy atom. The van der Waals surface area contributed by atoms with Crippen molar-refractivity contribution in [3.63, 3.8) is 0 Å². The molecule has 0 unspecified atom stereocenters. The van der Waals surface area contributed by atoms with E-state index in [1.54, 1.807) is 18.2 Å². The second-order valence-corrected chi connectivity index (χ2v) is 4.34. The van der Waals surface area contributed by atoms with Gasteiger partial charge in [-0.05, 0) is 18.1 Å². The number of esters is 1. The molecule has 0 spiro atoms. The molecule has 0 bridgehead atoms. The summed E-state index contributed by atoms with van der Waals surface area (Å²) in [5, 5.41) is 0.274. The van der Waals surface area contributed by atoms with Crippen LogP contribution in [0.25, 0.3) is 0 Å². The number of ether oxygens (including phenoxy) is 2. The molecule has 0 aromatic carbocycles. The summed E-state index contributed by atoms with van der Waals surface area (Å²) in [7, 11) is 0. The first-order chi connectivity index (χ1) is 8.09. The highest BCUT2D eigenvalue weighted by Crippen LogP contribution is 2.06. The van der Waals surface area contributed by atoms with Gasteiger partial charge >= 0.3 is 5.97 Å². The number of pyridine rings is 1. The van der Waals surface area contributed by atoms with Crippen LogP contribution < -0.4 is 0 Å². The molecule has 0 aliphatic heterocycles. The van der Waals surface area contributed by atoms with Gasteiger partial charge in [0, 0.05) is 6.61 Å². The summed E-state index contributed by atoms with van der Waals surface area (Å²) in [6.45, 7) is 5.39. The number of carbonyl (C=O) groups is 1. The topological polar surface area (TPSA) is 48.4 Å². The molecule has 4 nitrogen and oxygen atoms in total. The van der Waals surface area contributed by atoms with E-state index in [0.29, 0.717) is 19.1 Å². The lowest BCUT2D eigenvalue weighted by atomic mass is 10.2. The molecule has 0 amide bonds. The van der Waals surface area contributed by atoms with Gasteiger partial charge in [0.2, 0.25) is 0 Å². The van der Waals surface area contributed by atoms with Crippen molar-refractivity contribution in [2.45, 2.75) is 13.8 Å². The van der Waals surface area contributed by atoms with Gasteiger partial charge in [0.05, 0.1) is 6.61 Å². The Morgan fingerprint density at radius 1 is 1.41 bits per heavy atom. The first kappa shape index (κ1) is 13.9. The third-order valence-electron chi connectivity index (χ3n) is 1.84. The monoisotopic (exact) mass is 257 g/mol. The predicted molar refractivity (Wildman–Crippen MR) is 65.2 cm³/mol. The van der Waals surface area contributed by atoms with Gasteiger partial charge in [-0.3, -0.25) is 0 Å². The lowest BCUT2D eigenvalue weighted by Crippen LogP contribution is -2.13. The Morgan fingerprint density at radius 2 is 2.18 bits per heavy atom. The summed E-state index contributed by atoms with van der Waals surface area (Å²) >= 11 is 5.66. The highest BCUT2D eigenvalue weighted by molar-refractivity contribution is 6.29. The average Bonchev–Trinajstić information content (AvgIpc) is 2.28. The van der Waals surface area contributed by atoms with E-state index in [1.807, 2.05) is 0 Å². The van der Waals surface area contributed by atoms with E-state index in [9.17, 15) is 4.79 Å². The number of hydrogen-bond acceptors (Lipinski definition) is 4. The first-order valence-corrected chi connectivity index (χ1v) is 5.85. The third kappa shape index (κ3) is 5.65. The van der Waals surface area contributed by atoms with Gasteiger partial charge in [-0.15, -0.1) is 0 Å². The van der Waals surface area contributed by atoms with E-state index in [2.05, 4.69) is 18.8 Å². The van der Waals surface area contributed by atoms with Gasteiger partial charge < -0.3 is 9.47 Å². The summed E-state index contributed by atoms with van der Waals surface area (Å²) in [4.78, 5) is 15.3. The van der Waals surface area contributed by atoms with Crippen molar-refractivity contribution in [1.29, 1.82) is 0 Å². The zero-order chi connectivity index (χ0) is 12.7. The Hall–Kier alpha value is -1.13. The van der Waals surface area contributed by atoms with Crippen molar-refractivity contribution in [3.05, 3.63) is 29.0 Å². The minimum absolute atomic E-state index is 0.210. The van der Waals surface area contributed by atoms with Crippen molar-refractivity contribution >= 4 is 17.6 Å². The zero-order valence-electron chi connectivity index (χ0n) is 9.98. The van der Waals surface area contributed by atoms with Crippen LogP contribution in [0.15, 0.2) is 18.2 Å². The van der Waals surface area contributed by atoms with Crippen LogP contribution in [0.1, 0.15) is 24.3 Å². The molecule has 0 radical (unpaired) electrons. The smallest absolute Gasteiger partial charge is 0.357 e. The summed E-state index contributed by atoms with van der Waals surface area (Å²) in [6.07, 6.45) is 0. The Balaban J connectivity index is 2.26. The van der Waals surface area contributed by atoms with Crippen molar-refractivity contribution in [2.75, 3.05) is 19.8 Å². The Labute approximate surface area is 106 Å². The van der Waals surface area contributed by atoms with Crippen LogP contribution in [0, 0.1) is 5.92 Å². The van der Waals surface area contributed by atoms with Crippen LogP contribution >= 0.6 is 11.6 Å². The fourth-order valence-electron chi connectivity index (χ4n) is 1.11. The normalized spacial score (nSPS) is 10.6. The van der Waals surface area contributed by atoms with Gasteiger partial charge in [-0.1, -0.05) is 31.5 Å². The molecule has 1 rings (SSSR count). The van der Waals surface area contributed by atoms with Crippen LogP contribution in [0.2, 0.25) is 5.15 Å². The van der Waals surface area contributed by atoms with E-state index in [0.717, 1.165) is 0 Å². The van der Waals surface area contributed by atoms with Gasteiger partial charge in [0.25, 0.3) is 0 Å². The van der Waals surface area contributed by atoms with E-state index in [1.165, 1.54) is 0 Å². The van der Waals surface area contributed by atoms with Crippen LogP contribution in [-0.4, -0.2) is 30.8 Å². The lowest BCUT2D eigenvalue weighted by molar-refractivity contribution is 0.0272. The molecule has 0 fully saturated rings. The van der Waals surface area contributed by atoms with E-state index >= 15 is 0 Å². The largest absolute Gasteiger partial charge is 0.459 e. The molecule has 1 aromatic rings. The molecule has 17 heavy (non-hydrogen) atoms. The molecule has 0 aliphatic rings. The van der Waals surface area contributed by atoms with Crippen LogP contribution in [0.3, 0.4) is 0 Å². The van der Waals surface area contributed by atoms with Gasteiger partial charge in [0.15, 0.2) is 0 Å². The summed E-state index contributed by atoms with van der Waals surface area (Å²) in [6, 6.07) is 4.81. The maximum Gasteiger partial charge on any atom is 0.357 e. The van der Waals surface area contributed by atoms with Crippen LogP contribution in [-0.2, 0) is 9.47 Å². The molecule has 0 atom stereocenters.